The van der Waals surface area contributed by atoms with Gasteiger partial charge in [0.1, 0.15) is 6.61 Å². The monoisotopic (exact) mass is 238 g/mol. The van der Waals surface area contributed by atoms with Gasteiger partial charge in [-0.15, -0.1) is 0 Å². The zero-order valence-electron chi connectivity index (χ0n) is 10.6. The quantitative estimate of drug-likeness (QED) is 0.722. The average molecular weight is 238 g/mol. The minimum atomic E-state index is 0.169. The number of carbonyl (C=O) groups excluding carboxylic acids is 1. The maximum Gasteiger partial charge on any atom is 0.286 e. The van der Waals surface area contributed by atoms with Gasteiger partial charge in [0, 0.05) is 13.0 Å². The van der Waals surface area contributed by atoms with E-state index in [2.05, 4.69) is 5.32 Å². The van der Waals surface area contributed by atoms with Crippen LogP contribution in [0.3, 0.4) is 0 Å². The van der Waals surface area contributed by atoms with Gasteiger partial charge in [0.05, 0.1) is 0 Å². The number of rotatable bonds is 6. The summed E-state index contributed by atoms with van der Waals surface area (Å²) in [6.07, 6.45) is 7.74. The molecule has 96 valence electrons. The molecule has 0 aromatic carbocycles. The lowest BCUT2D eigenvalue weighted by Gasteiger charge is -2.27. The van der Waals surface area contributed by atoms with Crippen molar-refractivity contribution in [3.63, 3.8) is 0 Å². The zero-order valence-corrected chi connectivity index (χ0v) is 10.6. The summed E-state index contributed by atoms with van der Waals surface area (Å²) in [6, 6.07) is 0. The average Bonchev–Trinajstić information content (AvgIpc) is 2.35. The molecule has 1 rings (SSSR count). The third kappa shape index (κ3) is 5.58. The second-order valence-corrected chi connectivity index (χ2v) is 4.84. The number of carbonyl (C=O) groups is 1. The van der Waals surface area contributed by atoms with Gasteiger partial charge in [-0.3, -0.25) is 4.79 Å². The van der Waals surface area contributed by atoms with Crippen LogP contribution in [0.4, 0.5) is 0 Å². The van der Waals surface area contributed by atoms with E-state index in [1.165, 1.54) is 0 Å². The minimum absolute atomic E-state index is 0.169. The summed E-state index contributed by atoms with van der Waals surface area (Å²) >= 11 is 0. The van der Waals surface area contributed by atoms with Crippen LogP contribution < -0.4 is 5.32 Å². The highest BCUT2D eigenvalue weighted by Crippen LogP contribution is 2.28. The molecular formula is C13H22N2O2. The normalized spacial score (nSPS) is 23.8. The van der Waals surface area contributed by atoms with Crippen LogP contribution in [0.5, 0.6) is 0 Å². The maximum atomic E-state index is 11.3. The molecule has 4 heteroatoms. The number of hydrogen-bond acceptors (Lipinski definition) is 3. The summed E-state index contributed by atoms with van der Waals surface area (Å²) in [5.41, 5.74) is 0. The van der Waals surface area contributed by atoms with Crippen molar-refractivity contribution in [3.05, 3.63) is 0 Å². The van der Waals surface area contributed by atoms with Crippen LogP contribution in [0.2, 0.25) is 0 Å². The minimum Gasteiger partial charge on any atom is -0.427 e. The van der Waals surface area contributed by atoms with Crippen molar-refractivity contribution in [2.45, 2.75) is 45.4 Å². The van der Waals surface area contributed by atoms with Crippen LogP contribution in [0.15, 0.2) is 0 Å². The molecular weight excluding hydrogens is 216 g/mol. The molecule has 0 unspecified atom stereocenters. The fourth-order valence-corrected chi connectivity index (χ4v) is 2.33. The first-order chi connectivity index (χ1) is 8.26. The Kier molecular flexibility index (Phi) is 6.46. The Bertz CT molecular complexity index is 265. The first kappa shape index (κ1) is 13.8. The smallest absolute Gasteiger partial charge is 0.286 e. The van der Waals surface area contributed by atoms with Crippen molar-refractivity contribution in [1.29, 1.82) is 5.26 Å². The van der Waals surface area contributed by atoms with E-state index in [1.54, 1.807) is 6.26 Å². The molecule has 1 N–H and O–H groups in total. The summed E-state index contributed by atoms with van der Waals surface area (Å²) in [4.78, 5) is 11.3. The molecule has 1 aliphatic rings. The van der Waals surface area contributed by atoms with E-state index >= 15 is 0 Å². The Morgan fingerprint density at radius 2 is 2.00 bits per heavy atom. The van der Waals surface area contributed by atoms with Gasteiger partial charge >= 0.3 is 0 Å². The van der Waals surface area contributed by atoms with Crippen molar-refractivity contribution in [3.8, 4) is 6.26 Å². The van der Waals surface area contributed by atoms with Crippen LogP contribution in [0.25, 0.3) is 0 Å². The number of amides is 1. The van der Waals surface area contributed by atoms with Crippen molar-refractivity contribution in [1.82, 2.24) is 5.32 Å². The van der Waals surface area contributed by atoms with Gasteiger partial charge in [-0.1, -0.05) is 6.92 Å². The summed E-state index contributed by atoms with van der Waals surface area (Å²) in [5.74, 6) is 1.30. The summed E-state index contributed by atoms with van der Waals surface area (Å²) < 4.78 is 4.77. The van der Waals surface area contributed by atoms with E-state index in [-0.39, 0.29) is 5.91 Å². The van der Waals surface area contributed by atoms with E-state index in [0.29, 0.717) is 24.9 Å². The molecule has 1 aliphatic carbocycles. The van der Waals surface area contributed by atoms with Crippen molar-refractivity contribution < 1.29 is 9.53 Å². The standard InChI is InChI=1S/C13H22N2O2/c1-2-3-13(16)15-8-11-4-6-12(7-5-11)9-17-10-14/h11-12H,2-9H2,1H3,(H,15,16). The molecule has 0 saturated heterocycles. The molecule has 1 fully saturated rings. The van der Waals surface area contributed by atoms with Gasteiger partial charge in [0.15, 0.2) is 0 Å². The third-order valence-electron chi connectivity index (χ3n) is 3.41. The second kappa shape index (κ2) is 7.94. The summed E-state index contributed by atoms with van der Waals surface area (Å²) in [6.45, 7) is 3.38. The van der Waals surface area contributed by atoms with E-state index in [1.807, 2.05) is 6.92 Å². The molecule has 0 aromatic heterocycles. The first-order valence-electron chi connectivity index (χ1n) is 6.53. The lowest BCUT2D eigenvalue weighted by molar-refractivity contribution is -0.121. The highest BCUT2D eigenvalue weighted by Gasteiger charge is 2.21. The fraction of sp³-hybridized carbons (Fsp3) is 0.846. The van der Waals surface area contributed by atoms with E-state index in [0.717, 1.165) is 38.6 Å². The van der Waals surface area contributed by atoms with Gasteiger partial charge in [0.2, 0.25) is 5.91 Å². The number of nitrogens with one attached hydrogen (secondary N) is 1. The lowest BCUT2D eigenvalue weighted by Crippen LogP contribution is -2.31. The zero-order chi connectivity index (χ0) is 12.5. The molecule has 0 bridgehead atoms. The second-order valence-electron chi connectivity index (χ2n) is 4.84. The Balaban J connectivity index is 2.11. The van der Waals surface area contributed by atoms with Crippen molar-refractivity contribution >= 4 is 5.91 Å². The third-order valence-corrected chi connectivity index (χ3v) is 3.41. The van der Waals surface area contributed by atoms with Crippen LogP contribution in [-0.4, -0.2) is 19.1 Å². The van der Waals surface area contributed by atoms with Crippen LogP contribution in [0, 0.1) is 23.4 Å². The molecule has 0 spiro atoms. The first-order valence-corrected chi connectivity index (χ1v) is 6.53. The number of ether oxygens (including phenoxy) is 1. The molecule has 17 heavy (non-hydrogen) atoms. The van der Waals surface area contributed by atoms with E-state index < -0.39 is 0 Å². The summed E-state index contributed by atoms with van der Waals surface area (Å²) in [7, 11) is 0. The largest absolute Gasteiger partial charge is 0.427 e. The van der Waals surface area contributed by atoms with Crippen LogP contribution in [0.1, 0.15) is 45.4 Å². The Hall–Kier alpha value is -1.24. The molecule has 1 saturated carbocycles. The van der Waals surface area contributed by atoms with Crippen molar-refractivity contribution in [2.75, 3.05) is 13.2 Å². The highest BCUT2D eigenvalue weighted by molar-refractivity contribution is 5.75. The van der Waals surface area contributed by atoms with Gasteiger partial charge in [-0.25, -0.2) is 0 Å². The lowest BCUT2D eigenvalue weighted by atomic mass is 9.82. The number of hydrogen-bond donors (Lipinski definition) is 1. The number of nitriles is 1. The Morgan fingerprint density at radius 1 is 1.35 bits per heavy atom. The highest BCUT2D eigenvalue weighted by atomic mass is 16.5. The van der Waals surface area contributed by atoms with Crippen molar-refractivity contribution in [2.24, 2.45) is 11.8 Å². The number of nitrogens with zero attached hydrogens (tertiary/aromatic N) is 1. The van der Waals surface area contributed by atoms with Crippen LogP contribution in [-0.2, 0) is 9.53 Å². The Morgan fingerprint density at radius 3 is 2.59 bits per heavy atom. The van der Waals surface area contributed by atoms with Gasteiger partial charge in [-0.2, -0.15) is 5.26 Å². The van der Waals surface area contributed by atoms with Gasteiger partial charge in [0.25, 0.3) is 6.26 Å². The van der Waals surface area contributed by atoms with Crippen LogP contribution >= 0.6 is 0 Å². The molecule has 0 atom stereocenters. The predicted molar refractivity (Wildman–Crippen MR) is 64.9 cm³/mol. The SMILES string of the molecule is CCCC(=O)NCC1CCC(COC#N)CC1. The van der Waals surface area contributed by atoms with E-state index in [9.17, 15) is 4.79 Å². The molecule has 1 amide bonds. The molecule has 0 aromatic rings. The van der Waals surface area contributed by atoms with Gasteiger partial charge in [-0.05, 0) is 43.9 Å². The molecule has 0 aliphatic heterocycles. The molecule has 0 heterocycles. The summed E-state index contributed by atoms with van der Waals surface area (Å²) in [5, 5.41) is 11.3. The van der Waals surface area contributed by atoms with E-state index in [4.69, 9.17) is 10.00 Å². The fourth-order valence-electron chi connectivity index (χ4n) is 2.33. The topological polar surface area (TPSA) is 62.1 Å². The maximum absolute atomic E-state index is 11.3. The molecule has 4 nitrogen and oxygen atoms in total. The molecule has 0 radical (unpaired) electrons. The Labute approximate surface area is 103 Å². The van der Waals surface area contributed by atoms with Gasteiger partial charge < -0.3 is 10.1 Å². The predicted octanol–water partition coefficient (Wildman–Crippen LogP) is 2.21.